The first-order chi connectivity index (χ1) is 11.2. The van der Waals surface area contributed by atoms with Crippen molar-refractivity contribution in [3.05, 3.63) is 28.7 Å². The third-order valence-corrected chi connectivity index (χ3v) is 4.96. The van der Waals surface area contributed by atoms with Crippen LogP contribution in [0.25, 0.3) is 0 Å². The van der Waals surface area contributed by atoms with E-state index in [-0.39, 0.29) is 30.4 Å². The number of hydrogen-bond acceptors (Lipinski definition) is 6. The number of amides is 1. The lowest BCUT2D eigenvalue weighted by molar-refractivity contribution is -0.140. The highest BCUT2D eigenvalue weighted by Gasteiger charge is 2.18. The molecule has 1 aromatic heterocycles. The van der Waals surface area contributed by atoms with Gasteiger partial charge in [-0.15, -0.1) is 0 Å². The van der Waals surface area contributed by atoms with Crippen molar-refractivity contribution >= 4 is 21.9 Å². The molecule has 0 aromatic carbocycles. The molecule has 0 saturated heterocycles. The zero-order valence-electron chi connectivity index (χ0n) is 13.8. The molecule has 0 saturated carbocycles. The molecule has 0 aliphatic carbocycles. The minimum atomic E-state index is -3.69. The summed E-state index contributed by atoms with van der Waals surface area (Å²) in [4.78, 5) is 34.5. The lowest BCUT2D eigenvalue weighted by Crippen LogP contribution is -2.33. The highest BCUT2D eigenvalue weighted by molar-refractivity contribution is 7.89. The summed E-state index contributed by atoms with van der Waals surface area (Å²) in [5, 5.41) is 2.55. The zero-order chi connectivity index (χ0) is 18.3. The van der Waals surface area contributed by atoms with Crippen LogP contribution in [0.5, 0.6) is 0 Å². The number of carbonyl (C=O) groups is 2. The van der Waals surface area contributed by atoms with Gasteiger partial charge >= 0.3 is 5.97 Å². The molecule has 24 heavy (non-hydrogen) atoms. The topological polar surface area (TPSA) is 115 Å². The molecule has 1 amide bonds. The Labute approximate surface area is 140 Å². The molecule has 0 radical (unpaired) electrons. The van der Waals surface area contributed by atoms with Crippen molar-refractivity contribution in [1.29, 1.82) is 0 Å². The molecule has 0 spiro atoms. The van der Waals surface area contributed by atoms with Crippen molar-refractivity contribution in [2.75, 3.05) is 27.7 Å². The number of pyridine rings is 1. The molecule has 9 nitrogen and oxygen atoms in total. The highest BCUT2D eigenvalue weighted by atomic mass is 32.2. The second-order valence-electron chi connectivity index (χ2n) is 5.15. The smallest absolute Gasteiger partial charge is 0.305 e. The van der Waals surface area contributed by atoms with Crippen molar-refractivity contribution in [2.24, 2.45) is 0 Å². The molecule has 1 aromatic rings. The Morgan fingerprint density at radius 2 is 1.96 bits per heavy atom. The summed E-state index contributed by atoms with van der Waals surface area (Å²) in [6.45, 7) is -0.0633. The Hall–Kier alpha value is -2.20. The third-order valence-electron chi connectivity index (χ3n) is 3.16. The summed E-state index contributed by atoms with van der Waals surface area (Å²) in [6.07, 6.45) is 1.71. The van der Waals surface area contributed by atoms with Crippen LogP contribution < -0.4 is 10.9 Å². The lowest BCUT2D eigenvalue weighted by Gasteiger charge is -2.13. The normalized spacial score (nSPS) is 11.3. The number of nitrogens with zero attached hydrogens (tertiary/aromatic N) is 2. The van der Waals surface area contributed by atoms with Gasteiger partial charge < -0.3 is 14.6 Å². The summed E-state index contributed by atoms with van der Waals surface area (Å²) in [7, 11) is 0.333. The average molecular weight is 359 g/mol. The van der Waals surface area contributed by atoms with Crippen molar-refractivity contribution in [2.45, 2.75) is 24.3 Å². The van der Waals surface area contributed by atoms with E-state index >= 15 is 0 Å². The Balaban J connectivity index is 2.72. The number of methoxy groups -OCH3 is 1. The summed E-state index contributed by atoms with van der Waals surface area (Å²) in [5.74, 6) is -0.830. The molecular formula is C14H21N3O6S. The van der Waals surface area contributed by atoms with E-state index in [9.17, 15) is 22.8 Å². The fourth-order valence-electron chi connectivity index (χ4n) is 1.77. The van der Waals surface area contributed by atoms with E-state index in [1.807, 2.05) is 0 Å². The van der Waals surface area contributed by atoms with Crippen molar-refractivity contribution in [3.8, 4) is 0 Å². The number of ether oxygens (including phenoxy) is 1. The van der Waals surface area contributed by atoms with Crippen molar-refractivity contribution in [1.82, 2.24) is 14.2 Å². The maximum absolute atomic E-state index is 12.1. The second kappa shape index (κ2) is 8.60. The predicted octanol–water partition coefficient (Wildman–Crippen LogP) is -0.832. The largest absolute Gasteiger partial charge is 0.469 e. The monoisotopic (exact) mass is 359 g/mol. The van der Waals surface area contributed by atoms with E-state index in [2.05, 4.69) is 10.1 Å². The van der Waals surface area contributed by atoms with Crippen LogP contribution in [0.15, 0.2) is 28.0 Å². The summed E-state index contributed by atoms with van der Waals surface area (Å²) in [6, 6.07) is 2.29. The van der Waals surface area contributed by atoms with E-state index in [0.29, 0.717) is 6.42 Å². The number of aromatic nitrogens is 1. The van der Waals surface area contributed by atoms with Gasteiger partial charge in [0.05, 0.1) is 12.0 Å². The van der Waals surface area contributed by atoms with E-state index in [4.69, 9.17) is 0 Å². The van der Waals surface area contributed by atoms with Gasteiger partial charge in [-0.05, 0) is 12.5 Å². The van der Waals surface area contributed by atoms with Crippen LogP contribution in [0.3, 0.4) is 0 Å². The summed E-state index contributed by atoms with van der Waals surface area (Å²) >= 11 is 0. The predicted molar refractivity (Wildman–Crippen MR) is 85.8 cm³/mol. The van der Waals surface area contributed by atoms with Gasteiger partial charge in [0, 0.05) is 39.3 Å². The first kappa shape index (κ1) is 19.8. The van der Waals surface area contributed by atoms with Gasteiger partial charge in [-0.3, -0.25) is 14.4 Å². The Kier molecular flexibility index (Phi) is 7.11. The van der Waals surface area contributed by atoms with Crippen molar-refractivity contribution in [3.63, 3.8) is 0 Å². The van der Waals surface area contributed by atoms with Crippen LogP contribution in [-0.2, 0) is 30.9 Å². The number of carbonyl (C=O) groups excluding carboxylic acids is 2. The van der Waals surface area contributed by atoms with Gasteiger partial charge in [0.2, 0.25) is 15.9 Å². The number of esters is 1. The first-order valence-electron chi connectivity index (χ1n) is 7.15. The molecule has 1 heterocycles. The molecule has 1 N–H and O–H groups in total. The summed E-state index contributed by atoms with van der Waals surface area (Å²) < 4.78 is 30.6. The van der Waals surface area contributed by atoms with Crippen molar-refractivity contribution < 1.29 is 22.7 Å². The minimum Gasteiger partial charge on any atom is -0.469 e. The van der Waals surface area contributed by atoms with Gasteiger partial charge in [-0.2, -0.15) is 0 Å². The molecule has 0 atom stereocenters. The number of rotatable bonds is 8. The fourth-order valence-corrected chi connectivity index (χ4v) is 2.69. The van der Waals surface area contributed by atoms with Crippen LogP contribution in [0, 0.1) is 0 Å². The minimum absolute atomic E-state index is 0.0782. The molecule has 10 heteroatoms. The molecule has 0 aliphatic heterocycles. The molecule has 0 unspecified atom stereocenters. The third kappa shape index (κ3) is 5.46. The molecule has 134 valence electrons. The zero-order valence-corrected chi connectivity index (χ0v) is 14.6. The number of nitrogens with one attached hydrogen (secondary N) is 1. The maximum atomic E-state index is 12.1. The van der Waals surface area contributed by atoms with Crippen LogP contribution in [0.4, 0.5) is 0 Å². The molecule has 0 bridgehead atoms. The molecule has 1 rings (SSSR count). The van der Waals surface area contributed by atoms with Crippen LogP contribution in [-0.4, -0.2) is 56.9 Å². The maximum Gasteiger partial charge on any atom is 0.305 e. The average Bonchev–Trinajstić information content (AvgIpc) is 2.53. The molecular weight excluding hydrogens is 338 g/mol. The quantitative estimate of drug-likeness (QED) is 0.478. The standard InChI is InChI=1S/C14H21N3O6S/c1-16(2)24(21,22)11-6-7-13(19)17(9-11)10-12(18)15-8-4-5-14(20)23-3/h6-7,9H,4-5,8,10H2,1-3H3,(H,15,18). The molecule has 0 fully saturated rings. The Morgan fingerprint density at radius 3 is 2.54 bits per heavy atom. The fraction of sp³-hybridized carbons (Fsp3) is 0.500. The van der Waals surface area contributed by atoms with E-state index < -0.39 is 21.5 Å². The van der Waals surface area contributed by atoms with Crippen LogP contribution in [0.1, 0.15) is 12.8 Å². The molecule has 0 aliphatic rings. The number of hydrogen-bond donors (Lipinski definition) is 1. The van der Waals surface area contributed by atoms with E-state index in [1.54, 1.807) is 0 Å². The van der Waals surface area contributed by atoms with E-state index in [1.165, 1.54) is 27.3 Å². The highest BCUT2D eigenvalue weighted by Crippen LogP contribution is 2.10. The lowest BCUT2D eigenvalue weighted by atomic mass is 10.3. The first-order valence-corrected chi connectivity index (χ1v) is 8.59. The Bertz CT molecular complexity index is 754. The number of sulfonamides is 1. The van der Waals surface area contributed by atoms with Gasteiger partial charge in [-0.1, -0.05) is 0 Å². The van der Waals surface area contributed by atoms with Crippen LogP contribution in [0.2, 0.25) is 0 Å². The Morgan fingerprint density at radius 1 is 1.29 bits per heavy atom. The van der Waals surface area contributed by atoms with Gasteiger partial charge in [0.15, 0.2) is 0 Å². The van der Waals surface area contributed by atoms with Gasteiger partial charge in [-0.25, -0.2) is 12.7 Å². The SMILES string of the molecule is COC(=O)CCCNC(=O)Cn1cc(S(=O)(=O)N(C)C)ccc1=O. The summed E-state index contributed by atoms with van der Waals surface area (Å²) in [5.41, 5.74) is -0.489. The van der Waals surface area contributed by atoms with E-state index in [0.717, 1.165) is 21.1 Å². The van der Waals surface area contributed by atoms with Gasteiger partial charge in [0.1, 0.15) is 6.54 Å². The van der Waals surface area contributed by atoms with Gasteiger partial charge in [0.25, 0.3) is 5.56 Å². The second-order valence-corrected chi connectivity index (χ2v) is 7.30. The van der Waals surface area contributed by atoms with Crippen LogP contribution >= 0.6 is 0 Å².